The fraction of sp³-hybridized carbons (Fsp3) is 0.400. The summed E-state index contributed by atoms with van der Waals surface area (Å²) < 4.78 is 43.1. The standard InChI is InChI=1S/C10H12BF3O3/c1-6(2)17-7-3-4-9(11(15)16)8(5-7)10(12,13)14/h3-6,15-16H,1-2H3. The van der Waals surface area contributed by atoms with Gasteiger partial charge in [-0.15, -0.1) is 0 Å². The monoisotopic (exact) mass is 248 g/mol. The van der Waals surface area contributed by atoms with E-state index in [1.165, 1.54) is 6.07 Å². The number of hydrogen-bond acceptors (Lipinski definition) is 3. The van der Waals surface area contributed by atoms with E-state index in [9.17, 15) is 13.2 Å². The Kier molecular flexibility index (Phi) is 4.05. The van der Waals surface area contributed by atoms with E-state index in [2.05, 4.69) is 0 Å². The molecule has 0 spiro atoms. The van der Waals surface area contributed by atoms with Crippen LogP contribution >= 0.6 is 0 Å². The van der Waals surface area contributed by atoms with Crippen LogP contribution in [0.4, 0.5) is 13.2 Å². The van der Waals surface area contributed by atoms with Crippen LogP contribution in [-0.4, -0.2) is 23.3 Å². The van der Waals surface area contributed by atoms with Crippen LogP contribution in [0.1, 0.15) is 19.4 Å². The molecule has 94 valence electrons. The largest absolute Gasteiger partial charge is 0.491 e. The molecule has 0 aromatic heterocycles. The lowest BCUT2D eigenvalue weighted by Crippen LogP contribution is -2.36. The minimum absolute atomic E-state index is 0.0386. The van der Waals surface area contributed by atoms with Gasteiger partial charge in [0.25, 0.3) is 0 Å². The van der Waals surface area contributed by atoms with Crippen LogP contribution in [0.2, 0.25) is 0 Å². The molecule has 0 heterocycles. The van der Waals surface area contributed by atoms with Crippen molar-refractivity contribution in [1.82, 2.24) is 0 Å². The van der Waals surface area contributed by atoms with Crippen LogP contribution in [0.25, 0.3) is 0 Å². The van der Waals surface area contributed by atoms with Gasteiger partial charge in [-0.25, -0.2) is 0 Å². The third-order valence-electron chi connectivity index (χ3n) is 1.98. The second-order valence-electron chi connectivity index (χ2n) is 3.79. The SMILES string of the molecule is CC(C)Oc1ccc(B(O)O)c(C(F)(F)F)c1. The summed E-state index contributed by atoms with van der Waals surface area (Å²) in [6, 6.07) is 3.02. The van der Waals surface area contributed by atoms with Crippen molar-refractivity contribution >= 4 is 12.6 Å². The van der Waals surface area contributed by atoms with Crippen LogP contribution in [0.5, 0.6) is 5.75 Å². The second kappa shape index (κ2) is 4.97. The third-order valence-corrected chi connectivity index (χ3v) is 1.98. The van der Waals surface area contributed by atoms with E-state index in [1.807, 2.05) is 0 Å². The molecular weight excluding hydrogens is 236 g/mol. The van der Waals surface area contributed by atoms with Gasteiger partial charge in [0, 0.05) is 0 Å². The van der Waals surface area contributed by atoms with E-state index >= 15 is 0 Å². The van der Waals surface area contributed by atoms with Crippen molar-refractivity contribution in [2.75, 3.05) is 0 Å². The van der Waals surface area contributed by atoms with E-state index in [0.29, 0.717) is 0 Å². The minimum atomic E-state index is -4.66. The lowest BCUT2D eigenvalue weighted by atomic mass is 9.77. The number of alkyl halides is 3. The van der Waals surface area contributed by atoms with Crippen LogP contribution in [-0.2, 0) is 6.18 Å². The quantitative estimate of drug-likeness (QED) is 0.789. The number of rotatable bonds is 3. The first-order valence-corrected chi connectivity index (χ1v) is 4.95. The number of hydrogen-bond donors (Lipinski definition) is 2. The molecule has 0 aliphatic heterocycles. The van der Waals surface area contributed by atoms with Crippen molar-refractivity contribution in [1.29, 1.82) is 0 Å². The number of ether oxygens (including phenoxy) is 1. The molecule has 0 aliphatic carbocycles. The zero-order valence-corrected chi connectivity index (χ0v) is 9.32. The molecule has 0 saturated carbocycles. The lowest BCUT2D eigenvalue weighted by molar-refractivity contribution is -0.137. The summed E-state index contributed by atoms with van der Waals surface area (Å²) in [5.74, 6) is 0.0386. The van der Waals surface area contributed by atoms with Gasteiger partial charge in [-0.3, -0.25) is 0 Å². The molecule has 0 atom stereocenters. The fourth-order valence-electron chi connectivity index (χ4n) is 1.35. The Morgan fingerprint density at radius 1 is 1.24 bits per heavy atom. The predicted octanol–water partition coefficient (Wildman–Crippen LogP) is 1.17. The Morgan fingerprint density at radius 3 is 2.24 bits per heavy atom. The van der Waals surface area contributed by atoms with Gasteiger partial charge in [0.15, 0.2) is 0 Å². The highest BCUT2D eigenvalue weighted by Gasteiger charge is 2.36. The van der Waals surface area contributed by atoms with E-state index < -0.39 is 24.3 Å². The maximum absolute atomic E-state index is 12.6. The number of halogens is 3. The molecule has 1 aromatic rings. The summed E-state index contributed by atoms with van der Waals surface area (Å²) in [6.45, 7) is 3.37. The van der Waals surface area contributed by atoms with Crippen molar-refractivity contribution in [2.45, 2.75) is 26.1 Å². The predicted molar refractivity (Wildman–Crippen MR) is 57.0 cm³/mol. The molecule has 17 heavy (non-hydrogen) atoms. The van der Waals surface area contributed by atoms with Crippen molar-refractivity contribution in [3.8, 4) is 5.75 Å². The van der Waals surface area contributed by atoms with Gasteiger partial charge in [-0.05, 0) is 31.4 Å². The van der Waals surface area contributed by atoms with Gasteiger partial charge in [0.1, 0.15) is 5.75 Å². The zero-order valence-electron chi connectivity index (χ0n) is 9.32. The Morgan fingerprint density at radius 2 is 1.82 bits per heavy atom. The number of benzene rings is 1. The Balaban J connectivity index is 3.20. The van der Waals surface area contributed by atoms with E-state index in [4.69, 9.17) is 14.8 Å². The lowest BCUT2D eigenvalue weighted by Gasteiger charge is -2.16. The first-order chi connectivity index (χ1) is 7.71. The van der Waals surface area contributed by atoms with Crippen LogP contribution in [0, 0.1) is 0 Å². The van der Waals surface area contributed by atoms with Gasteiger partial charge in [-0.2, -0.15) is 13.2 Å². The highest BCUT2D eigenvalue weighted by molar-refractivity contribution is 6.59. The third kappa shape index (κ3) is 3.64. The molecule has 0 amide bonds. The highest BCUT2D eigenvalue weighted by Crippen LogP contribution is 2.30. The van der Waals surface area contributed by atoms with Crippen molar-refractivity contribution in [3.05, 3.63) is 23.8 Å². The van der Waals surface area contributed by atoms with Crippen LogP contribution in [0.15, 0.2) is 18.2 Å². The van der Waals surface area contributed by atoms with Gasteiger partial charge < -0.3 is 14.8 Å². The van der Waals surface area contributed by atoms with Crippen molar-refractivity contribution < 1.29 is 28.0 Å². The topological polar surface area (TPSA) is 49.7 Å². The van der Waals surface area contributed by atoms with Gasteiger partial charge >= 0.3 is 13.3 Å². The van der Waals surface area contributed by atoms with Crippen molar-refractivity contribution in [3.63, 3.8) is 0 Å². The molecule has 2 N–H and O–H groups in total. The average molecular weight is 248 g/mol. The van der Waals surface area contributed by atoms with Crippen molar-refractivity contribution in [2.24, 2.45) is 0 Å². The van der Waals surface area contributed by atoms with Gasteiger partial charge in [0.05, 0.1) is 11.7 Å². The summed E-state index contributed by atoms with van der Waals surface area (Å²) in [5, 5.41) is 17.7. The molecule has 0 radical (unpaired) electrons. The summed E-state index contributed by atoms with van der Waals surface area (Å²) >= 11 is 0. The van der Waals surface area contributed by atoms with E-state index in [-0.39, 0.29) is 11.9 Å². The van der Waals surface area contributed by atoms with E-state index in [1.54, 1.807) is 13.8 Å². The first-order valence-electron chi connectivity index (χ1n) is 4.95. The molecule has 3 nitrogen and oxygen atoms in total. The molecule has 0 aliphatic rings. The summed E-state index contributed by atoms with van der Waals surface area (Å²) in [6.07, 6.45) is -4.92. The minimum Gasteiger partial charge on any atom is -0.491 e. The van der Waals surface area contributed by atoms with Gasteiger partial charge in [-0.1, -0.05) is 6.07 Å². The molecule has 0 bridgehead atoms. The maximum atomic E-state index is 12.6. The molecular formula is C10H12BF3O3. The molecule has 0 saturated heterocycles. The second-order valence-corrected chi connectivity index (χ2v) is 3.79. The summed E-state index contributed by atoms with van der Waals surface area (Å²) in [4.78, 5) is 0. The summed E-state index contributed by atoms with van der Waals surface area (Å²) in [7, 11) is -2.17. The molecule has 7 heteroatoms. The Hall–Kier alpha value is -1.21. The van der Waals surface area contributed by atoms with Crippen LogP contribution in [0.3, 0.4) is 0 Å². The summed E-state index contributed by atoms with van der Waals surface area (Å²) in [5.41, 5.74) is -1.70. The van der Waals surface area contributed by atoms with Gasteiger partial charge in [0.2, 0.25) is 0 Å². The average Bonchev–Trinajstić information content (AvgIpc) is 2.14. The molecule has 0 fully saturated rings. The first kappa shape index (κ1) is 13.9. The fourth-order valence-corrected chi connectivity index (χ4v) is 1.35. The molecule has 0 unspecified atom stereocenters. The smallest absolute Gasteiger partial charge is 0.489 e. The Labute approximate surface area is 97.0 Å². The molecule has 1 rings (SSSR count). The Bertz CT molecular complexity index is 391. The molecule has 1 aromatic carbocycles. The highest BCUT2D eigenvalue weighted by atomic mass is 19.4. The maximum Gasteiger partial charge on any atom is 0.489 e. The van der Waals surface area contributed by atoms with E-state index in [0.717, 1.165) is 12.1 Å². The zero-order chi connectivity index (χ0) is 13.2. The normalized spacial score (nSPS) is 11.8. The van der Waals surface area contributed by atoms with Crippen LogP contribution < -0.4 is 10.2 Å².